The SMILES string of the molecule is CC[C@H]1[C@@H](O)[C@@H]2[C@H](CC[C@]3(C)[C@@H]([C@H](C)CCNC(=O)NS(=O)(=O)N4CC5CC5C4)CC[C@@H]23)[C@@]2(C)CC[C@@H](O)C[C@@H]12. The molecule has 13 atom stereocenters. The number of amides is 2. The summed E-state index contributed by atoms with van der Waals surface area (Å²) in [5.41, 5.74) is 0.390. The molecule has 228 valence electrons. The fourth-order valence-electron chi connectivity index (χ4n) is 11.3. The van der Waals surface area contributed by atoms with Crippen LogP contribution in [0.2, 0.25) is 0 Å². The number of carbonyl (C=O) groups is 1. The van der Waals surface area contributed by atoms with Crippen LogP contribution in [0.4, 0.5) is 4.79 Å². The lowest BCUT2D eigenvalue weighted by molar-refractivity contribution is -0.203. The average molecular weight is 580 g/mol. The lowest BCUT2D eigenvalue weighted by atomic mass is 9.41. The molecule has 0 bridgehead atoms. The fraction of sp³-hybridized carbons (Fsp3) is 0.968. The van der Waals surface area contributed by atoms with Crippen LogP contribution in [0.25, 0.3) is 0 Å². The molecule has 0 aromatic carbocycles. The van der Waals surface area contributed by atoms with Crippen molar-refractivity contribution in [3.63, 3.8) is 0 Å². The van der Waals surface area contributed by atoms with Crippen LogP contribution in [0, 0.1) is 64.1 Å². The molecule has 2 amide bonds. The quantitative estimate of drug-likeness (QED) is 0.362. The van der Waals surface area contributed by atoms with Gasteiger partial charge < -0.3 is 15.5 Å². The normalized spacial score (nSPS) is 48.9. The lowest BCUT2D eigenvalue weighted by Crippen LogP contribution is -2.62. The number of urea groups is 1. The summed E-state index contributed by atoms with van der Waals surface area (Å²) < 4.78 is 28.7. The van der Waals surface area contributed by atoms with Crippen molar-refractivity contribution in [2.24, 2.45) is 64.1 Å². The van der Waals surface area contributed by atoms with Crippen molar-refractivity contribution in [3.05, 3.63) is 0 Å². The summed E-state index contributed by atoms with van der Waals surface area (Å²) in [6, 6.07) is -0.625. The van der Waals surface area contributed by atoms with E-state index in [0.717, 1.165) is 57.8 Å². The molecule has 6 rings (SSSR count). The zero-order chi connectivity index (χ0) is 28.6. The largest absolute Gasteiger partial charge is 0.393 e. The van der Waals surface area contributed by atoms with E-state index in [0.29, 0.717) is 67.0 Å². The Morgan fingerprint density at radius 2 is 1.65 bits per heavy atom. The first-order valence-electron chi connectivity index (χ1n) is 16.3. The number of nitrogens with zero attached hydrogens (tertiary/aromatic N) is 1. The van der Waals surface area contributed by atoms with Crippen molar-refractivity contribution in [2.45, 2.75) is 104 Å². The Kier molecular flexibility index (Phi) is 7.57. The summed E-state index contributed by atoms with van der Waals surface area (Å²) in [6.07, 6.45) is 9.88. The topological polar surface area (TPSA) is 119 Å². The summed E-state index contributed by atoms with van der Waals surface area (Å²) in [6.45, 7) is 11.0. The smallest absolute Gasteiger partial charge is 0.329 e. The van der Waals surface area contributed by atoms with Crippen LogP contribution in [0.15, 0.2) is 0 Å². The molecule has 6 fully saturated rings. The van der Waals surface area contributed by atoms with Gasteiger partial charge in [-0.25, -0.2) is 9.52 Å². The molecule has 9 heteroatoms. The zero-order valence-corrected chi connectivity index (χ0v) is 25.8. The minimum atomic E-state index is -3.76. The van der Waals surface area contributed by atoms with E-state index in [9.17, 15) is 23.4 Å². The maximum Gasteiger partial charge on any atom is 0.329 e. The highest BCUT2D eigenvalue weighted by Gasteiger charge is 2.64. The Balaban J connectivity index is 1.07. The average Bonchev–Trinajstić information content (AvgIpc) is 3.32. The van der Waals surface area contributed by atoms with Crippen LogP contribution >= 0.6 is 0 Å². The molecule has 8 nitrogen and oxygen atoms in total. The summed E-state index contributed by atoms with van der Waals surface area (Å²) in [7, 11) is -3.76. The molecule has 0 aromatic heterocycles. The highest BCUT2D eigenvalue weighted by molar-refractivity contribution is 7.87. The molecular weight excluding hydrogens is 526 g/mol. The Bertz CT molecular complexity index is 1080. The van der Waals surface area contributed by atoms with Crippen LogP contribution in [0.3, 0.4) is 0 Å². The van der Waals surface area contributed by atoms with Crippen molar-refractivity contribution in [2.75, 3.05) is 19.6 Å². The number of aliphatic hydroxyl groups excluding tert-OH is 2. The van der Waals surface area contributed by atoms with Gasteiger partial charge in [-0.3, -0.25) is 0 Å². The molecule has 1 saturated heterocycles. The third-order valence-corrected chi connectivity index (χ3v) is 15.0. The molecular formula is C31H53N3O5S. The van der Waals surface area contributed by atoms with E-state index >= 15 is 0 Å². The molecule has 0 spiro atoms. The summed E-state index contributed by atoms with van der Waals surface area (Å²) >= 11 is 0. The van der Waals surface area contributed by atoms with Gasteiger partial charge in [-0.15, -0.1) is 0 Å². The second-order valence-electron chi connectivity index (χ2n) is 15.3. The molecule has 1 aliphatic heterocycles. The lowest BCUT2D eigenvalue weighted by Gasteiger charge is -2.64. The van der Waals surface area contributed by atoms with Crippen LogP contribution < -0.4 is 10.0 Å². The van der Waals surface area contributed by atoms with Gasteiger partial charge in [-0.1, -0.05) is 34.1 Å². The van der Waals surface area contributed by atoms with Crippen LogP contribution in [0.1, 0.15) is 91.9 Å². The number of hydrogen-bond donors (Lipinski definition) is 4. The van der Waals surface area contributed by atoms with E-state index in [4.69, 9.17) is 0 Å². The molecule has 2 unspecified atom stereocenters. The van der Waals surface area contributed by atoms with Gasteiger partial charge in [0.25, 0.3) is 0 Å². The van der Waals surface area contributed by atoms with E-state index in [2.05, 4.69) is 37.7 Å². The van der Waals surface area contributed by atoms with Crippen molar-refractivity contribution in [1.82, 2.24) is 14.3 Å². The molecule has 0 radical (unpaired) electrons. The minimum absolute atomic E-state index is 0.180. The number of hydrogen-bond acceptors (Lipinski definition) is 5. The summed E-state index contributed by atoms with van der Waals surface area (Å²) in [5.74, 6) is 3.97. The Morgan fingerprint density at radius 3 is 2.35 bits per heavy atom. The Labute approximate surface area is 241 Å². The van der Waals surface area contributed by atoms with E-state index in [1.54, 1.807) is 0 Å². The van der Waals surface area contributed by atoms with Crippen molar-refractivity contribution < 1.29 is 23.4 Å². The van der Waals surface area contributed by atoms with E-state index < -0.39 is 16.2 Å². The maximum absolute atomic E-state index is 12.5. The first-order valence-corrected chi connectivity index (χ1v) is 17.7. The second-order valence-corrected chi connectivity index (χ2v) is 17.0. The van der Waals surface area contributed by atoms with E-state index in [1.165, 1.54) is 10.7 Å². The molecule has 1 heterocycles. The standard InChI is InChI=1S/C31H53N3O5S/c1-5-22-26-15-21(35)8-11-31(26,4)25-9-12-30(3)23(6-7-24(30)27(25)28(22)36)18(2)10-13-32-29(37)33-40(38,39)34-16-19-14-20(19)17-34/h18-28,35-36H,5-17H2,1-4H3,(H2,32,33,37)/t18-,19?,20?,21-,22-,23-,24+,25+,26+,27+,28-,30-,31-/m1/s1. The van der Waals surface area contributed by atoms with Gasteiger partial charge >= 0.3 is 16.2 Å². The van der Waals surface area contributed by atoms with Crippen molar-refractivity contribution >= 4 is 16.2 Å². The number of nitrogens with one attached hydrogen (secondary N) is 2. The van der Waals surface area contributed by atoms with Crippen molar-refractivity contribution in [1.29, 1.82) is 0 Å². The van der Waals surface area contributed by atoms with Gasteiger partial charge in [0.1, 0.15) is 0 Å². The third-order valence-electron chi connectivity index (χ3n) is 13.5. The van der Waals surface area contributed by atoms with E-state index in [1.807, 2.05) is 0 Å². The van der Waals surface area contributed by atoms with Gasteiger partial charge in [0.05, 0.1) is 12.2 Å². The molecule has 40 heavy (non-hydrogen) atoms. The summed E-state index contributed by atoms with van der Waals surface area (Å²) in [4.78, 5) is 12.4. The van der Waals surface area contributed by atoms with Crippen molar-refractivity contribution in [3.8, 4) is 0 Å². The number of aliphatic hydroxyl groups is 2. The predicted octanol–water partition coefficient (Wildman–Crippen LogP) is 4.14. The van der Waals surface area contributed by atoms with Gasteiger partial charge in [0.2, 0.25) is 0 Å². The first kappa shape index (κ1) is 29.2. The predicted molar refractivity (Wildman–Crippen MR) is 154 cm³/mol. The van der Waals surface area contributed by atoms with Gasteiger partial charge in [-0.05, 0) is 122 Å². The number of fused-ring (bicyclic) bond motifs is 6. The molecule has 6 aliphatic rings. The Morgan fingerprint density at radius 1 is 0.975 bits per heavy atom. The number of piperidine rings is 1. The molecule has 4 N–H and O–H groups in total. The molecule has 5 saturated carbocycles. The Hall–Kier alpha value is -0.900. The van der Waals surface area contributed by atoms with Gasteiger partial charge in [0, 0.05) is 19.6 Å². The number of carbonyl (C=O) groups excluding carboxylic acids is 1. The van der Waals surface area contributed by atoms with Crippen LogP contribution in [-0.4, -0.2) is 60.8 Å². The first-order chi connectivity index (χ1) is 18.9. The maximum atomic E-state index is 12.5. The third kappa shape index (κ3) is 4.73. The number of rotatable bonds is 7. The zero-order valence-electron chi connectivity index (χ0n) is 25.0. The van der Waals surface area contributed by atoms with Crippen LogP contribution in [0.5, 0.6) is 0 Å². The van der Waals surface area contributed by atoms with Gasteiger partial charge in [0.15, 0.2) is 0 Å². The van der Waals surface area contributed by atoms with E-state index in [-0.39, 0.29) is 29.0 Å². The monoisotopic (exact) mass is 579 g/mol. The fourth-order valence-corrected chi connectivity index (χ4v) is 12.5. The molecule has 5 aliphatic carbocycles. The molecule has 0 aromatic rings. The van der Waals surface area contributed by atoms with Gasteiger partial charge in [-0.2, -0.15) is 12.7 Å². The van der Waals surface area contributed by atoms with Crippen LogP contribution in [-0.2, 0) is 10.2 Å². The summed E-state index contributed by atoms with van der Waals surface area (Å²) in [5, 5.41) is 25.2. The highest BCUT2D eigenvalue weighted by atomic mass is 32.2. The minimum Gasteiger partial charge on any atom is -0.393 e. The second kappa shape index (κ2) is 10.4. The highest BCUT2D eigenvalue weighted by Crippen LogP contribution is 2.69.